The number of carbonyl (C=O) groups excluding carboxylic acids is 1. The van der Waals surface area contributed by atoms with E-state index < -0.39 is 22.2 Å². The maximum Gasteiger partial charge on any atom is 0.414 e. The fraction of sp³-hybridized carbons (Fsp3) is 0.346. The van der Waals surface area contributed by atoms with Gasteiger partial charge in [0.2, 0.25) is 5.95 Å². The van der Waals surface area contributed by atoms with Crippen LogP contribution < -0.4 is 19.3 Å². The minimum Gasteiger partial charge on any atom is -0.409 e. The van der Waals surface area contributed by atoms with E-state index in [1.165, 1.54) is 39.7 Å². The molecule has 0 aliphatic rings. The Balaban J connectivity index is 2.12. The number of aromatic nitrogens is 2. The molecule has 1 N–H and O–H groups in total. The second kappa shape index (κ2) is 12.3. The molecule has 1 radical (unpaired) electrons. The molecule has 2 aromatic carbocycles. The zero-order valence-corrected chi connectivity index (χ0v) is 23.8. The predicted octanol–water partition coefficient (Wildman–Crippen LogP) is 5.18. The van der Waals surface area contributed by atoms with E-state index >= 15 is 0 Å². The molecule has 3 rings (SSSR count). The number of sulfonamides is 1. The van der Waals surface area contributed by atoms with Gasteiger partial charge in [0.05, 0.1) is 22.8 Å². The minimum atomic E-state index is -4.01. The van der Waals surface area contributed by atoms with Crippen LogP contribution in [0, 0.1) is 6.07 Å². The van der Waals surface area contributed by atoms with Crippen molar-refractivity contribution in [3.63, 3.8) is 0 Å². The molecule has 0 aliphatic carbocycles. The Hall–Kier alpha value is -3.57. The van der Waals surface area contributed by atoms with Gasteiger partial charge in [-0.25, -0.2) is 18.2 Å². The fourth-order valence-electron chi connectivity index (χ4n) is 3.58. The van der Waals surface area contributed by atoms with Crippen molar-refractivity contribution in [2.45, 2.75) is 38.6 Å². The summed E-state index contributed by atoms with van der Waals surface area (Å²) in [5.41, 5.74) is 0.669. The third-order valence-electron chi connectivity index (χ3n) is 5.46. The lowest BCUT2D eigenvalue weighted by molar-refractivity contribution is 0.172. The van der Waals surface area contributed by atoms with Crippen LogP contribution in [-0.4, -0.2) is 62.6 Å². The molecule has 0 unspecified atom stereocenters. The Labute approximate surface area is 229 Å². The molecular formula is C26H32ClN6O4S. The van der Waals surface area contributed by atoms with Gasteiger partial charge in [0.25, 0.3) is 10.0 Å². The molecule has 12 heteroatoms. The third-order valence-corrected chi connectivity index (χ3v) is 7.72. The number of anilines is 4. The number of halogens is 1. The van der Waals surface area contributed by atoms with Crippen LogP contribution in [0.15, 0.2) is 53.6 Å². The molecule has 1 aromatic heterocycles. The van der Waals surface area contributed by atoms with Gasteiger partial charge in [-0.3, -0.25) is 4.31 Å². The van der Waals surface area contributed by atoms with Gasteiger partial charge in [0.1, 0.15) is 11.4 Å². The van der Waals surface area contributed by atoms with Gasteiger partial charge >= 0.3 is 6.09 Å². The Bertz CT molecular complexity index is 1360. The maximum absolute atomic E-state index is 13.8. The highest BCUT2D eigenvalue weighted by atomic mass is 35.5. The van der Waals surface area contributed by atoms with Crippen LogP contribution in [0.5, 0.6) is 5.75 Å². The monoisotopic (exact) mass is 559 g/mol. The second-order valence-electron chi connectivity index (χ2n) is 8.74. The summed E-state index contributed by atoms with van der Waals surface area (Å²) in [6, 6.07) is 13.5. The van der Waals surface area contributed by atoms with E-state index in [1.807, 2.05) is 18.7 Å². The standard InChI is InChI=1S/C26H32ClN6O4S/c1-7-32(8-2)25-28-17-23(33(18(3)4)38(35,36)22-14-12-19(27)13-15-22)24(30-25)29-20-10-9-11-21(16-20)37-26(34)31(5)6/h9-15,17-18H,7-8H2,1-6H3,(H,28,29,30). The van der Waals surface area contributed by atoms with E-state index in [1.54, 1.807) is 46.1 Å². The number of amides is 1. The second-order valence-corrected chi connectivity index (χ2v) is 11.0. The topological polar surface area (TPSA) is 108 Å². The summed E-state index contributed by atoms with van der Waals surface area (Å²) in [7, 11) is -0.852. The number of carbonyl (C=O) groups is 1. The molecule has 0 saturated heterocycles. The van der Waals surface area contributed by atoms with Crippen molar-refractivity contribution < 1.29 is 17.9 Å². The molecule has 0 atom stereocenters. The van der Waals surface area contributed by atoms with Gasteiger partial charge in [-0.05, 0) is 64.1 Å². The highest BCUT2D eigenvalue weighted by Gasteiger charge is 2.31. The number of hydrogen-bond acceptors (Lipinski definition) is 8. The molecule has 38 heavy (non-hydrogen) atoms. The number of benzene rings is 2. The van der Waals surface area contributed by atoms with Crippen molar-refractivity contribution in [1.82, 2.24) is 14.9 Å². The summed E-state index contributed by atoms with van der Waals surface area (Å²) >= 11 is 5.99. The van der Waals surface area contributed by atoms with E-state index in [9.17, 15) is 13.2 Å². The summed E-state index contributed by atoms with van der Waals surface area (Å²) in [6.45, 7) is 8.82. The normalized spacial score (nSPS) is 11.3. The molecule has 1 amide bonds. The summed E-state index contributed by atoms with van der Waals surface area (Å²) in [6.07, 6.45) is 0.941. The Morgan fingerprint density at radius 3 is 2.34 bits per heavy atom. The van der Waals surface area contributed by atoms with Crippen molar-refractivity contribution >= 4 is 50.9 Å². The number of ether oxygens (including phenoxy) is 1. The third kappa shape index (κ3) is 6.65. The first kappa shape index (κ1) is 29.0. The van der Waals surface area contributed by atoms with Crippen LogP contribution in [0.3, 0.4) is 0 Å². The van der Waals surface area contributed by atoms with E-state index in [0.29, 0.717) is 29.7 Å². The van der Waals surface area contributed by atoms with Crippen LogP contribution in [0.2, 0.25) is 5.02 Å². The lowest BCUT2D eigenvalue weighted by Gasteiger charge is -2.30. The Morgan fingerprint density at radius 1 is 1.11 bits per heavy atom. The van der Waals surface area contributed by atoms with Crippen molar-refractivity contribution in [3.05, 3.63) is 59.8 Å². The van der Waals surface area contributed by atoms with E-state index in [2.05, 4.69) is 16.4 Å². The molecule has 3 aromatic rings. The summed E-state index contributed by atoms with van der Waals surface area (Å²) in [5, 5.41) is 3.59. The molecule has 0 fully saturated rings. The number of nitrogens with zero attached hydrogens (tertiary/aromatic N) is 5. The summed E-state index contributed by atoms with van der Waals surface area (Å²) in [4.78, 5) is 24.5. The van der Waals surface area contributed by atoms with Gasteiger partial charge in [0, 0.05) is 38.2 Å². The summed E-state index contributed by atoms with van der Waals surface area (Å²) < 4.78 is 34.1. The zero-order chi connectivity index (χ0) is 28.0. The molecule has 0 bridgehead atoms. The van der Waals surface area contributed by atoms with Gasteiger partial charge in [-0.1, -0.05) is 17.7 Å². The first-order valence-corrected chi connectivity index (χ1v) is 13.9. The van der Waals surface area contributed by atoms with Crippen LogP contribution in [0.4, 0.5) is 27.9 Å². The molecule has 0 spiro atoms. The average molecular weight is 560 g/mol. The zero-order valence-electron chi connectivity index (χ0n) is 22.3. The molecule has 0 saturated carbocycles. The molecule has 10 nitrogen and oxygen atoms in total. The molecule has 0 aliphatic heterocycles. The van der Waals surface area contributed by atoms with Gasteiger partial charge in [0.15, 0.2) is 5.82 Å². The van der Waals surface area contributed by atoms with Crippen LogP contribution in [0.1, 0.15) is 27.7 Å². The van der Waals surface area contributed by atoms with Gasteiger partial charge < -0.3 is 19.9 Å². The first-order valence-electron chi connectivity index (χ1n) is 12.1. The van der Waals surface area contributed by atoms with E-state index in [0.717, 1.165) is 0 Å². The highest BCUT2D eigenvalue weighted by molar-refractivity contribution is 7.92. The molecule has 203 valence electrons. The van der Waals surface area contributed by atoms with Gasteiger partial charge in [-0.15, -0.1) is 0 Å². The lowest BCUT2D eigenvalue weighted by atomic mass is 10.3. The predicted molar refractivity (Wildman–Crippen MR) is 150 cm³/mol. The minimum absolute atomic E-state index is 0.0820. The van der Waals surface area contributed by atoms with E-state index in [4.69, 9.17) is 21.3 Å². The number of rotatable bonds is 10. The number of hydrogen-bond donors (Lipinski definition) is 1. The fourth-order valence-corrected chi connectivity index (χ4v) is 5.36. The smallest absolute Gasteiger partial charge is 0.409 e. The largest absolute Gasteiger partial charge is 0.414 e. The van der Waals surface area contributed by atoms with Crippen LogP contribution in [0.25, 0.3) is 0 Å². The molecule has 1 heterocycles. The van der Waals surface area contributed by atoms with Crippen LogP contribution >= 0.6 is 11.6 Å². The average Bonchev–Trinajstić information content (AvgIpc) is 2.86. The summed E-state index contributed by atoms with van der Waals surface area (Å²) in [5.74, 6) is 0.882. The van der Waals surface area contributed by atoms with Crippen molar-refractivity contribution in [2.24, 2.45) is 0 Å². The lowest BCUT2D eigenvalue weighted by Crippen LogP contribution is -2.38. The SMILES string of the molecule is CCN(CC)c1ncc(N(C(C)C)S(=O)(=O)c2ccc(Cl)cc2)c(Nc2[c]c(OC(=O)N(C)C)ccc2)n1. The number of nitrogens with one attached hydrogen (secondary N) is 1. The maximum atomic E-state index is 13.8. The highest BCUT2D eigenvalue weighted by Crippen LogP contribution is 2.34. The van der Waals surface area contributed by atoms with Crippen LogP contribution in [-0.2, 0) is 10.0 Å². The van der Waals surface area contributed by atoms with Gasteiger partial charge in [-0.2, -0.15) is 4.98 Å². The van der Waals surface area contributed by atoms with Crippen molar-refractivity contribution in [3.8, 4) is 5.75 Å². The quantitative estimate of drug-likeness (QED) is 0.362. The van der Waals surface area contributed by atoms with Crippen molar-refractivity contribution in [2.75, 3.05) is 41.7 Å². The van der Waals surface area contributed by atoms with Crippen molar-refractivity contribution in [1.29, 1.82) is 0 Å². The Morgan fingerprint density at radius 2 is 1.76 bits per heavy atom. The Kier molecular flexibility index (Phi) is 9.40. The first-order chi connectivity index (χ1) is 18.0. The van der Waals surface area contributed by atoms with E-state index in [-0.39, 0.29) is 22.2 Å². The molecular weight excluding hydrogens is 528 g/mol.